The van der Waals surface area contributed by atoms with Gasteiger partial charge in [0.25, 0.3) is 0 Å². The first-order valence-electron chi connectivity index (χ1n) is 8.48. The fourth-order valence-corrected chi connectivity index (χ4v) is 3.07. The number of halogens is 1. The van der Waals surface area contributed by atoms with E-state index < -0.39 is 24.0 Å². The summed E-state index contributed by atoms with van der Waals surface area (Å²) in [5, 5.41) is 8.13. The molecule has 0 N–H and O–H groups in total. The highest BCUT2D eigenvalue weighted by atomic mass is 19.1. The van der Waals surface area contributed by atoms with Crippen LogP contribution >= 0.6 is 0 Å². The molecule has 0 spiro atoms. The van der Waals surface area contributed by atoms with Gasteiger partial charge in [-0.2, -0.15) is 0 Å². The summed E-state index contributed by atoms with van der Waals surface area (Å²) in [7, 11) is 1.12. The molecule has 1 aromatic heterocycles. The first-order valence-corrected chi connectivity index (χ1v) is 8.48. The van der Waals surface area contributed by atoms with E-state index in [1.165, 1.54) is 6.08 Å². The Hall–Kier alpha value is -1.25. The van der Waals surface area contributed by atoms with Gasteiger partial charge in [0.15, 0.2) is 0 Å². The van der Waals surface area contributed by atoms with E-state index in [0.29, 0.717) is 11.6 Å². The van der Waals surface area contributed by atoms with Gasteiger partial charge in [-0.05, 0) is 59.7 Å². The van der Waals surface area contributed by atoms with Gasteiger partial charge in [-0.1, -0.05) is 5.21 Å². The minimum Gasteiger partial charge on any atom is -0.398 e. The van der Waals surface area contributed by atoms with Crippen LogP contribution in [0.1, 0.15) is 39.8 Å². The number of hydrogen-bond donors (Lipinski definition) is 0. The second kappa shape index (κ2) is 6.24. The Morgan fingerprint density at radius 3 is 2.62 bits per heavy atom. The number of rotatable bonds is 4. The van der Waals surface area contributed by atoms with Crippen molar-refractivity contribution in [1.29, 1.82) is 0 Å². The van der Waals surface area contributed by atoms with E-state index in [1.54, 1.807) is 10.9 Å². The topological polar surface area (TPSA) is 52.4 Å². The lowest BCUT2D eigenvalue weighted by molar-refractivity contribution is 0.00578. The zero-order valence-corrected chi connectivity index (χ0v) is 15.1. The van der Waals surface area contributed by atoms with Gasteiger partial charge in [0.2, 0.25) is 0 Å². The Balaban J connectivity index is 1.64. The van der Waals surface area contributed by atoms with Crippen LogP contribution in [0.5, 0.6) is 0 Å². The molecule has 2 saturated heterocycles. The fourth-order valence-electron chi connectivity index (χ4n) is 3.07. The quantitative estimate of drug-likeness (QED) is 0.789. The smallest absolute Gasteiger partial charge is 0.398 e. The van der Waals surface area contributed by atoms with Crippen LogP contribution in [0, 0.1) is 5.92 Å². The van der Waals surface area contributed by atoms with E-state index >= 15 is 0 Å². The third-order valence-electron chi connectivity index (χ3n) is 5.25. The summed E-state index contributed by atoms with van der Waals surface area (Å²) in [4.78, 5) is 2.31. The maximum Gasteiger partial charge on any atom is 0.525 e. The van der Waals surface area contributed by atoms with Crippen LogP contribution < -0.4 is 0 Å². The maximum atomic E-state index is 14.5. The maximum absolute atomic E-state index is 14.5. The van der Waals surface area contributed by atoms with Gasteiger partial charge in [-0.25, -0.2) is 4.39 Å². The average Bonchev–Trinajstić information content (AvgIpc) is 3.11. The first kappa shape index (κ1) is 17.6. The molecule has 3 rings (SSSR count). The second-order valence-corrected chi connectivity index (χ2v) is 7.90. The zero-order valence-electron chi connectivity index (χ0n) is 15.1. The molecule has 2 fully saturated rings. The SMILES string of the molecule is CN1CCC(Cn2cc(C=C(F)B3OC(C)(C)C(C)(C)O3)nn2)C1. The first-order chi connectivity index (χ1) is 11.2. The van der Waals surface area contributed by atoms with E-state index in [4.69, 9.17) is 9.31 Å². The van der Waals surface area contributed by atoms with Crippen molar-refractivity contribution < 1.29 is 13.7 Å². The van der Waals surface area contributed by atoms with Crippen LogP contribution in [-0.2, 0) is 15.9 Å². The van der Waals surface area contributed by atoms with Crippen molar-refractivity contribution in [3.8, 4) is 0 Å². The van der Waals surface area contributed by atoms with Gasteiger partial charge in [0.05, 0.1) is 17.4 Å². The Morgan fingerprint density at radius 1 is 1.38 bits per heavy atom. The third kappa shape index (κ3) is 3.55. The molecule has 0 aromatic carbocycles. The molecule has 132 valence electrons. The summed E-state index contributed by atoms with van der Waals surface area (Å²) in [6.45, 7) is 10.6. The van der Waals surface area contributed by atoms with Crippen molar-refractivity contribution in [2.45, 2.75) is 51.9 Å². The summed E-state index contributed by atoms with van der Waals surface area (Å²) in [5.41, 5.74) is -1.13. The predicted octanol–water partition coefficient (Wildman–Crippen LogP) is 2.17. The molecular formula is C16H26BFN4O2. The van der Waals surface area contributed by atoms with Gasteiger partial charge in [0, 0.05) is 13.1 Å². The van der Waals surface area contributed by atoms with Crippen molar-refractivity contribution >= 4 is 13.2 Å². The van der Waals surface area contributed by atoms with E-state index in [0.717, 1.165) is 26.1 Å². The Kier molecular flexibility index (Phi) is 4.57. The Labute approximate surface area is 143 Å². The fraction of sp³-hybridized carbons (Fsp3) is 0.750. The lowest BCUT2D eigenvalue weighted by Crippen LogP contribution is -2.41. The molecule has 2 aliphatic heterocycles. The van der Waals surface area contributed by atoms with Gasteiger partial charge >= 0.3 is 7.12 Å². The highest BCUT2D eigenvalue weighted by molar-refractivity contribution is 6.54. The van der Waals surface area contributed by atoms with E-state index in [9.17, 15) is 4.39 Å². The molecule has 24 heavy (non-hydrogen) atoms. The van der Waals surface area contributed by atoms with Crippen molar-refractivity contribution in [2.75, 3.05) is 20.1 Å². The average molecular weight is 336 g/mol. The summed E-state index contributed by atoms with van der Waals surface area (Å²) >= 11 is 0. The van der Waals surface area contributed by atoms with Crippen molar-refractivity contribution in [1.82, 2.24) is 19.9 Å². The molecule has 0 radical (unpaired) electrons. The molecule has 3 heterocycles. The molecule has 6 nitrogen and oxygen atoms in total. The Morgan fingerprint density at radius 2 is 2.04 bits per heavy atom. The van der Waals surface area contributed by atoms with Crippen LogP contribution in [-0.4, -0.2) is 58.4 Å². The predicted molar refractivity (Wildman–Crippen MR) is 90.8 cm³/mol. The van der Waals surface area contributed by atoms with Crippen LogP contribution in [0.25, 0.3) is 6.08 Å². The number of nitrogens with zero attached hydrogens (tertiary/aromatic N) is 4. The summed E-state index contributed by atoms with van der Waals surface area (Å²) in [5.74, 6) is 0.571. The standard InChI is InChI=1S/C16H26BFN4O2/c1-15(2)16(3,4)24-17(23-15)14(18)8-13-11-22(20-19-13)10-12-6-7-21(5)9-12/h8,11-12H,6-7,9-10H2,1-5H3. The Bertz CT molecular complexity index is 615. The lowest BCUT2D eigenvalue weighted by atomic mass is 9.87. The number of hydrogen-bond acceptors (Lipinski definition) is 5. The highest BCUT2D eigenvalue weighted by Crippen LogP contribution is 2.38. The summed E-state index contributed by atoms with van der Waals surface area (Å²) in [6.07, 6.45) is 4.26. The summed E-state index contributed by atoms with van der Waals surface area (Å²) in [6, 6.07) is 0. The third-order valence-corrected chi connectivity index (χ3v) is 5.25. The van der Waals surface area contributed by atoms with Crippen LogP contribution in [0.3, 0.4) is 0 Å². The van der Waals surface area contributed by atoms with E-state index in [-0.39, 0.29) is 0 Å². The van der Waals surface area contributed by atoms with Gasteiger partial charge in [-0.15, -0.1) is 5.10 Å². The van der Waals surface area contributed by atoms with Crippen molar-refractivity contribution in [2.24, 2.45) is 5.92 Å². The molecule has 0 amide bonds. The number of likely N-dealkylation sites (tertiary alicyclic amines) is 1. The van der Waals surface area contributed by atoms with Crippen LogP contribution in [0.15, 0.2) is 11.9 Å². The molecular weight excluding hydrogens is 310 g/mol. The summed E-state index contributed by atoms with van der Waals surface area (Å²) < 4.78 is 27.7. The van der Waals surface area contributed by atoms with Gasteiger partial charge < -0.3 is 14.2 Å². The second-order valence-electron chi connectivity index (χ2n) is 7.90. The van der Waals surface area contributed by atoms with Crippen LogP contribution in [0.4, 0.5) is 4.39 Å². The molecule has 2 aliphatic rings. The minimum absolute atomic E-state index is 0.480. The lowest BCUT2D eigenvalue weighted by Gasteiger charge is -2.32. The molecule has 1 unspecified atom stereocenters. The molecule has 8 heteroatoms. The van der Waals surface area contributed by atoms with Crippen molar-refractivity contribution in [3.63, 3.8) is 0 Å². The molecule has 0 saturated carbocycles. The van der Waals surface area contributed by atoms with E-state index in [2.05, 4.69) is 22.3 Å². The molecule has 1 aromatic rings. The number of aromatic nitrogens is 3. The normalized spacial score (nSPS) is 27.2. The van der Waals surface area contributed by atoms with Gasteiger partial charge in [-0.3, -0.25) is 4.68 Å². The largest absolute Gasteiger partial charge is 0.525 e. The highest BCUT2D eigenvalue weighted by Gasteiger charge is 2.53. The molecule has 0 aliphatic carbocycles. The monoisotopic (exact) mass is 336 g/mol. The molecule has 0 bridgehead atoms. The van der Waals surface area contributed by atoms with Crippen LogP contribution in [0.2, 0.25) is 0 Å². The minimum atomic E-state index is -0.997. The van der Waals surface area contributed by atoms with E-state index in [1.807, 2.05) is 27.7 Å². The van der Waals surface area contributed by atoms with Crippen molar-refractivity contribution in [3.05, 3.63) is 17.6 Å². The molecule has 1 atom stereocenters. The zero-order chi connectivity index (χ0) is 17.5. The van der Waals surface area contributed by atoms with Gasteiger partial charge in [0.1, 0.15) is 11.4 Å².